The van der Waals surface area contributed by atoms with Crippen molar-refractivity contribution in [1.29, 1.82) is 0 Å². The molecule has 1 N–H and O–H groups in total. The standard InChI is InChI=1S/C20H23FN2O3S/c1-15(16-9-11-18(21)12-10-16)22-20(24)17-6-5-13-23(14-17)27(25,26)19-7-3-2-4-8-19/h2-4,7-12,15,17H,5-6,13-14H2,1H3,(H,22,24). The van der Waals surface area contributed by atoms with Gasteiger partial charge in [0.1, 0.15) is 5.82 Å². The first kappa shape index (κ1) is 19.5. The number of piperidine rings is 1. The minimum absolute atomic E-state index is 0.166. The van der Waals surface area contributed by atoms with Crippen LogP contribution in [0.1, 0.15) is 31.4 Å². The molecular weight excluding hydrogens is 367 g/mol. The van der Waals surface area contributed by atoms with Crippen molar-refractivity contribution in [3.63, 3.8) is 0 Å². The van der Waals surface area contributed by atoms with E-state index in [9.17, 15) is 17.6 Å². The van der Waals surface area contributed by atoms with Crippen molar-refractivity contribution in [2.24, 2.45) is 5.92 Å². The predicted molar refractivity (Wildman–Crippen MR) is 101 cm³/mol. The fourth-order valence-electron chi connectivity index (χ4n) is 3.28. The molecule has 1 saturated heterocycles. The van der Waals surface area contributed by atoms with Crippen molar-refractivity contribution >= 4 is 15.9 Å². The Bertz CT molecular complexity index is 885. The molecular formula is C20H23FN2O3S. The molecule has 2 atom stereocenters. The molecule has 1 heterocycles. The van der Waals surface area contributed by atoms with Crippen molar-refractivity contribution in [3.8, 4) is 0 Å². The Morgan fingerprint density at radius 2 is 1.81 bits per heavy atom. The van der Waals surface area contributed by atoms with Gasteiger partial charge in [-0.3, -0.25) is 4.79 Å². The van der Waals surface area contributed by atoms with Gasteiger partial charge >= 0.3 is 0 Å². The summed E-state index contributed by atoms with van der Waals surface area (Å²) in [5.74, 6) is -0.911. The molecule has 2 unspecified atom stereocenters. The number of carbonyl (C=O) groups excluding carboxylic acids is 1. The number of halogens is 1. The van der Waals surface area contributed by atoms with Gasteiger partial charge in [0.2, 0.25) is 15.9 Å². The maximum Gasteiger partial charge on any atom is 0.243 e. The SMILES string of the molecule is CC(NC(=O)C1CCCN(S(=O)(=O)c2ccccc2)C1)c1ccc(F)cc1. The summed E-state index contributed by atoms with van der Waals surface area (Å²) in [6.45, 7) is 2.40. The zero-order valence-electron chi connectivity index (χ0n) is 15.1. The van der Waals surface area contributed by atoms with E-state index in [-0.39, 0.29) is 29.2 Å². The molecule has 27 heavy (non-hydrogen) atoms. The molecule has 0 aliphatic carbocycles. The minimum Gasteiger partial charge on any atom is -0.349 e. The van der Waals surface area contributed by atoms with E-state index < -0.39 is 15.9 Å². The first-order valence-electron chi connectivity index (χ1n) is 8.99. The zero-order chi connectivity index (χ0) is 19.4. The van der Waals surface area contributed by atoms with Crippen LogP contribution < -0.4 is 5.32 Å². The van der Waals surface area contributed by atoms with Gasteiger partial charge in [0, 0.05) is 13.1 Å². The highest BCUT2D eigenvalue weighted by Gasteiger charge is 2.33. The van der Waals surface area contributed by atoms with E-state index in [1.807, 2.05) is 6.92 Å². The molecule has 1 fully saturated rings. The summed E-state index contributed by atoms with van der Waals surface area (Å²) < 4.78 is 40.0. The molecule has 1 aliphatic heterocycles. The molecule has 144 valence electrons. The number of carbonyl (C=O) groups is 1. The molecule has 3 rings (SSSR count). The largest absolute Gasteiger partial charge is 0.349 e. The fraction of sp³-hybridized carbons (Fsp3) is 0.350. The van der Waals surface area contributed by atoms with Crippen LogP contribution in [0.2, 0.25) is 0 Å². The van der Waals surface area contributed by atoms with Gasteiger partial charge in [-0.1, -0.05) is 30.3 Å². The van der Waals surface area contributed by atoms with Crippen molar-refractivity contribution in [1.82, 2.24) is 9.62 Å². The van der Waals surface area contributed by atoms with Gasteiger partial charge in [0.05, 0.1) is 16.9 Å². The number of hydrogen-bond donors (Lipinski definition) is 1. The van der Waals surface area contributed by atoms with E-state index in [1.165, 1.54) is 16.4 Å². The van der Waals surface area contributed by atoms with Crippen LogP contribution >= 0.6 is 0 Å². The van der Waals surface area contributed by atoms with Crippen LogP contribution in [0.5, 0.6) is 0 Å². The van der Waals surface area contributed by atoms with Crippen molar-refractivity contribution in [2.45, 2.75) is 30.7 Å². The Kier molecular flexibility index (Phi) is 5.92. The van der Waals surface area contributed by atoms with Crippen LogP contribution in [-0.2, 0) is 14.8 Å². The van der Waals surface area contributed by atoms with Crippen LogP contribution in [0, 0.1) is 11.7 Å². The average molecular weight is 390 g/mol. The molecule has 1 amide bonds. The molecule has 0 bridgehead atoms. The third kappa shape index (κ3) is 4.54. The normalized spacial score (nSPS) is 19.4. The first-order chi connectivity index (χ1) is 12.9. The molecule has 2 aromatic carbocycles. The molecule has 5 nitrogen and oxygen atoms in total. The Morgan fingerprint density at radius 3 is 2.48 bits per heavy atom. The van der Waals surface area contributed by atoms with E-state index in [1.54, 1.807) is 42.5 Å². The molecule has 0 spiro atoms. The molecule has 7 heteroatoms. The van der Waals surface area contributed by atoms with Crippen molar-refractivity contribution < 1.29 is 17.6 Å². The topological polar surface area (TPSA) is 66.5 Å². The van der Waals surface area contributed by atoms with E-state index in [2.05, 4.69) is 5.32 Å². The second-order valence-corrected chi connectivity index (χ2v) is 8.74. The summed E-state index contributed by atoms with van der Waals surface area (Å²) in [6, 6.07) is 14.0. The molecule has 0 aromatic heterocycles. The van der Waals surface area contributed by atoms with Crippen LogP contribution in [0.4, 0.5) is 4.39 Å². The maximum absolute atomic E-state index is 13.0. The average Bonchev–Trinajstić information content (AvgIpc) is 2.69. The second-order valence-electron chi connectivity index (χ2n) is 6.80. The van der Waals surface area contributed by atoms with E-state index in [0.717, 1.165) is 5.56 Å². The number of hydrogen-bond acceptors (Lipinski definition) is 3. The zero-order valence-corrected chi connectivity index (χ0v) is 16.0. The van der Waals surface area contributed by atoms with Gasteiger partial charge in [0.15, 0.2) is 0 Å². The van der Waals surface area contributed by atoms with Gasteiger partial charge in [-0.2, -0.15) is 4.31 Å². The summed E-state index contributed by atoms with van der Waals surface area (Å²) in [5, 5.41) is 2.91. The van der Waals surface area contributed by atoms with Gasteiger partial charge < -0.3 is 5.32 Å². The smallest absolute Gasteiger partial charge is 0.243 e. The lowest BCUT2D eigenvalue weighted by atomic mass is 9.98. The fourth-order valence-corrected chi connectivity index (χ4v) is 4.83. The van der Waals surface area contributed by atoms with Gasteiger partial charge in [-0.25, -0.2) is 12.8 Å². The molecule has 0 saturated carbocycles. The van der Waals surface area contributed by atoms with Gasteiger partial charge in [-0.05, 0) is 49.6 Å². The first-order valence-corrected chi connectivity index (χ1v) is 10.4. The third-order valence-electron chi connectivity index (χ3n) is 4.86. The van der Waals surface area contributed by atoms with Crippen LogP contribution in [0.3, 0.4) is 0 Å². The maximum atomic E-state index is 13.0. The van der Waals surface area contributed by atoms with E-state index >= 15 is 0 Å². The summed E-state index contributed by atoms with van der Waals surface area (Å²) in [4.78, 5) is 12.9. The number of nitrogens with one attached hydrogen (secondary N) is 1. The Balaban J connectivity index is 1.67. The summed E-state index contributed by atoms with van der Waals surface area (Å²) >= 11 is 0. The van der Waals surface area contributed by atoms with E-state index in [0.29, 0.717) is 19.4 Å². The van der Waals surface area contributed by atoms with Crippen LogP contribution in [-0.4, -0.2) is 31.7 Å². The quantitative estimate of drug-likeness (QED) is 0.853. The second kappa shape index (κ2) is 8.19. The Hall–Kier alpha value is -2.25. The van der Waals surface area contributed by atoms with Crippen LogP contribution in [0.15, 0.2) is 59.5 Å². The Labute approximate surface area is 159 Å². The highest BCUT2D eigenvalue weighted by molar-refractivity contribution is 7.89. The summed E-state index contributed by atoms with van der Waals surface area (Å²) in [5.41, 5.74) is 0.800. The van der Waals surface area contributed by atoms with E-state index in [4.69, 9.17) is 0 Å². The predicted octanol–water partition coefficient (Wildman–Crippen LogP) is 3.10. The highest BCUT2D eigenvalue weighted by Crippen LogP contribution is 2.24. The van der Waals surface area contributed by atoms with Gasteiger partial charge in [0.25, 0.3) is 0 Å². The van der Waals surface area contributed by atoms with Crippen molar-refractivity contribution in [3.05, 3.63) is 66.0 Å². The number of nitrogens with zero attached hydrogens (tertiary/aromatic N) is 1. The number of sulfonamides is 1. The molecule has 0 radical (unpaired) electrons. The third-order valence-corrected chi connectivity index (χ3v) is 6.74. The number of benzene rings is 2. The number of amides is 1. The minimum atomic E-state index is -3.60. The van der Waals surface area contributed by atoms with Crippen molar-refractivity contribution in [2.75, 3.05) is 13.1 Å². The Morgan fingerprint density at radius 1 is 1.15 bits per heavy atom. The lowest BCUT2D eigenvalue weighted by molar-refractivity contribution is -0.126. The van der Waals surface area contributed by atoms with Gasteiger partial charge in [-0.15, -0.1) is 0 Å². The monoisotopic (exact) mass is 390 g/mol. The van der Waals surface area contributed by atoms with Crippen LogP contribution in [0.25, 0.3) is 0 Å². The summed E-state index contributed by atoms with van der Waals surface area (Å²) in [6.07, 6.45) is 1.28. The molecule has 1 aliphatic rings. The lowest BCUT2D eigenvalue weighted by Gasteiger charge is -2.32. The highest BCUT2D eigenvalue weighted by atomic mass is 32.2. The lowest BCUT2D eigenvalue weighted by Crippen LogP contribution is -2.45. The molecule has 2 aromatic rings. The number of rotatable bonds is 5. The summed E-state index contributed by atoms with van der Waals surface area (Å²) in [7, 11) is -3.60.